The standard InChI is InChI=1S/C13H10BrCl2NO4/c1-2-20-11-6-8(15)7(5-9(11)16)13(14)10-3-4-12(21-10)17(18)19/h3-6,13H,2H2,1H3. The Morgan fingerprint density at radius 2 is 2.10 bits per heavy atom. The van der Waals surface area contributed by atoms with Gasteiger partial charge < -0.3 is 9.15 Å². The lowest BCUT2D eigenvalue weighted by molar-refractivity contribution is -0.402. The third kappa shape index (κ3) is 3.51. The van der Waals surface area contributed by atoms with Crippen LogP contribution in [-0.2, 0) is 0 Å². The zero-order valence-corrected chi connectivity index (χ0v) is 13.9. The molecule has 0 N–H and O–H groups in total. The number of nitrogens with zero attached hydrogens (tertiary/aromatic N) is 1. The van der Waals surface area contributed by atoms with Crippen LogP contribution in [0.5, 0.6) is 5.75 Å². The first kappa shape index (κ1) is 16.1. The zero-order valence-electron chi connectivity index (χ0n) is 10.8. The fourth-order valence-corrected chi connectivity index (χ4v) is 2.98. The Morgan fingerprint density at radius 1 is 1.38 bits per heavy atom. The molecule has 0 aliphatic carbocycles. The van der Waals surface area contributed by atoms with Crippen LogP contribution in [0.1, 0.15) is 23.1 Å². The van der Waals surface area contributed by atoms with Crippen molar-refractivity contribution >= 4 is 45.0 Å². The summed E-state index contributed by atoms with van der Waals surface area (Å²) in [4.78, 5) is 9.59. The highest BCUT2D eigenvalue weighted by atomic mass is 79.9. The molecule has 8 heteroatoms. The second-order valence-electron chi connectivity index (χ2n) is 4.03. The number of hydrogen-bond acceptors (Lipinski definition) is 4. The molecule has 0 saturated carbocycles. The fourth-order valence-electron chi connectivity index (χ4n) is 1.73. The Hall–Kier alpha value is -1.24. The average Bonchev–Trinajstić information content (AvgIpc) is 2.92. The fraction of sp³-hybridized carbons (Fsp3) is 0.231. The normalized spacial score (nSPS) is 12.2. The molecule has 1 aromatic carbocycles. The maximum atomic E-state index is 10.6. The molecule has 0 aliphatic heterocycles. The minimum absolute atomic E-state index is 0.331. The smallest absolute Gasteiger partial charge is 0.433 e. The van der Waals surface area contributed by atoms with Crippen molar-refractivity contribution in [3.05, 3.63) is 55.7 Å². The number of nitro groups is 1. The summed E-state index contributed by atoms with van der Waals surface area (Å²) >= 11 is 15.7. The van der Waals surface area contributed by atoms with Crippen molar-refractivity contribution in [1.82, 2.24) is 0 Å². The lowest BCUT2D eigenvalue weighted by Crippen LogP contribution is -1.97. The topological polar surface area (TPSA) is 65.5 Å². The molecule has 1 heterocycles. The summed E-state index contributed by atoms with van der Waals surface area (Å²) in [6, 6.07) is 6.04. The molecule has 1 atom stereocenters. The van der Waals surface area contributed by atoms with Gasteiger partial charge in [-0.1, -0.05) is 39.1 Å². The molecule has 0 amide bonds. The van der Waals surface area contributed by atoms with E-state index >= 15 is 0 Å². The van der Waals surface area contributed by atoms with Gasteiger partial charge >= 0.3 is 5.88 Å². The third-order valence-corrected chi connectivity index (χ3v) is 4.23. The summed E-state index contributed by atoms with van der Waals surface area (Å²) in [6.07, 6.45) is 0. The quantitative estimate of drug-likeness (QED) is 0.388. The van der Waals surface area contributed by atoms with Crippen molar-refractivity contribution in [2.45, 2.75) is 11.8 Å². The van der Waals surface area contributed by atoms with Gasteiger partial charge in [0.1, 0.15) is 16.4 Å². The van der Waals surface area contributed by atoms with Crippen LogP contribution in [0.2, 0.25) is 10.0 Å². The number of furan rings is 1. The molecule has 0 spiro atoms. The first-order chi connectivity index (χ1) is 9.93. The summed E-state index contributed by atoms with van der Waals surface area (Å²) in [7, 11) is 0. The van der Waals surface area contributed by atoms with Gasteiger partial charge in [0.2, 0.25) is 0 Å². The van der Waals surface area contributed by atoms with E-state index in [0.29, 0.717) is 33.7 Å². The zero-order chi connectivity index (χ0) is 15.6. The lowest BCUT2D eigenvalue weighted by atomic mass is 10.1. The Kier molecular flexibility index (Phi) is 5.13. The number of benzene rings is 1. The molecule has 0 bridgehead atoms. The van der Waals surface area contributed by atoms with Crippen molar-refractivity contribution in [1.29, 1.82) is 0 Å². The van der Waals surface area contributed by atoms with Crippen LogP contribution >= 0.6 is 39.1 Å². The van der Waals surface area contributed by atoms with Crippen molar-refractivity contribution in [3.8, 4) is 5.75 Å². The molecule has 21 heavy (non-hydrogen) atoms. The van der Waals surface area contributed by atoms with E-state index in [9.17, 15) is 10.1 Å². The van der Waals surface area contributed by atoms with Crippen molar-refractivity contribution in [2.24, 2.45) is 0 Å². The maximum Gasteiger partial charge on any atom is 0.433 e. The maximum absolute atomic E-state index is 10.6. The van der Waals surface area contributed by atoms with E-state index in [1.807, 2.05) is 6.92 Å². The van der Waals surface area contributed by atoms with Crippen LogP contribution in [0.3, 0.4) is 0 Å². The SMILES string of the molecule is CCOc1cc(Cl)c(C(Br)c2ccc([N+](=O)[O-])o2)cc1Cl. The second-order valence-corrected chi connectivity index (χ2v) is 5.76. The van der Waals surface area contributed by atoms with E-state index in [2.05, 4.69) is 15.9 Å². The lowest BCUT2D eigenvalue weighted by Gasteiger charge is -2.13. The van der Waals surface area contributed by atoms with Gasteiger partial charge in [-0.05, 0) is 24.6 Å². The molecule has 112 valence electrons. The molecular formula is C13H10BrCl2NO4. The van der Waals surface area contributed by atoms with Gasteiger partial charge in [-0.15, -0.1) is 0 Å². The summed E-state index contributed by atoms with van der Waals surface area (Å²) in [6.45, 7) is 2.31. The van der Waals surface area contributed by atoms with E-state index in [0.717, 1.165) is 0 Å². The molecule has 2 rings (SSSR count). The number of rotatable bonds is 5. The van der Waals surface area contributed by atoms with Gasteiger partial charge in [0.05, 0.1) is 22.5 Å². The third-order valence-electron chi connectivity index (χ3n) is 2.67. The highest BCUT2D eigenvalue weighted by Crippen LogP contribution is 2.41. The highest BCUT2D eigenvalue weighted by molar-refractivity contribution is 9.09. The summed E-state index contributed by atoms with van der Waals surface area (Å²) in [5, 5.41) is 11.5. The van der Waals surface area contributed by atoms with Crippen molar-refractivity contribution < 1.29 is 14.1 Å². The monoisotopic (exact) mass is 393 g/mol. The molecule has 0 fully saturated rings. The van der Waals surface area contributed by atoms with E-state index in [-0.39, 0.29) is 5.88 Å². The van der Waals surface area contributed by atoms with Crippen LogP contribution in [-0.4, -0.2) is 11.5 Å². The number of hydrogen-bond donors (Lipinski definition) is 0. The van der Waals surface area contributed by atoms with Crippen LogP contribution in [0.4, 0.5) is 5.88 Å². The van der Waals surface area contributed by atoms with Crippen LogP contribution in [0, 0.1) is 10.1 Å². The van der Waals surface area contributed by atoms with Gasteiger partial charge in [0, 0.05) is 11.1 Å². The Bertz CT molecular complexity index is 674. The van der Waals surface area contributed by atoms with Crippen LogP contribution in [0.25, 0.3) is 0 Å². The second kappa shape index (κ2) is 6.68. The van der Waals surface area contributed by atoms with Gasteiger partial charge in [-0.2, -0.15) is 0 Å². The van der Waals surface area contributed by atoms with Gasteiger partial charge in [0.25, 0.3) is 0 Å². The van der Waals surface area contributed by atoms with E-state index < -0.39 is 9.75 Å². The van der Waals surface area contributed by atoms with E-state index in [1.165, 1.54) is 12.1 Å². The number of alkyl halides is 1. The van der Waals surface area contributed by atoms with Crippen molar-refractivity contribution in [3.63, 3.8) is 0 Å². The molecule has 0 radical (unpaired) electrons. The largest absolute Gasteiger partial charge is 0.492 e. The minimum Gasteiger partial charge on any atom is -0.492 e. The van der Waals surface area contributed by atoms with Crippen molar-refractivity contribution in [2.75, 3.05) is 6.61 Å². The van der Waals surface area contributed by atoms with Gasteiger partial charge in [-0.25, -0.2) is 0 Å². The molecule has 1 aromatic heterocycles. The molecule has 0 aliphatic rings. The first-order valence-electron chi connectivity index (χ1n) is 5.94. The summed E-state index contributed by atoms with van der Waals surface area (Å²) < 4.78 is 10.5. The molecule has 5 nitrogen and oxygen atoms in total. The van der Waals surface area contributed by atoms with E-state index in [4.69, 9.17) is 32.4 Å². The predicted molar refractivity (Wildman–Crippen MR) is 83.8 cm³/mol. The van der Waals surface area contributed by atoms with Gasteiger partial charge in [0.15, 0.2) is 0 Å². The predicted octanol–water partition coefficient (Wildman–Crippen LogP) is 5.38. The minimum atomic E-state index is -0.601. The first-order valence-corrected chi connectivity index (χ1v) is 7.61. The van der Waals surface area contributed by atoms with Gasteiger partial charge in [-0.3, -0.25) is 10.1 Å². The Balaban J connectivity index is 2.36. The molecule has 2 aromatic rings. The van der Waals surface area contributed by atoms with Crippen LogP contribution < -0.4 is 4.74 Å². The average molecular weight is 395 g/mol. The number of halogens is 3. The molecule has 0 saturated heterocycles. The molecule has 1 unspecified atom stereocenters. The van der Waals surface area contributed by atoms with E-state index in [1.54, 1.807) is 12.1 Å². The number of ether oxygens (including phenoxy) is 1. The van der Waals surface area contributed by atoms with Crippen LogP contribution in [0.15, 0.2) is 28.7 Å². The Labute approximate surface area is 139 Å². The molecular weight excluding hydrogens is 385 g/mol. The Morgan fingerprint density at radius 3 is 2.67 bits per heavy atom. The summed E-state index contributed by atoms with van der Waals surface area (Å²) in [5.41, 5.74) is 0.634. The summed E-state index contributed by atoms with van der Waals surface area (Å²) in [5.74, 6) is 0.518. The highest BCUT2D eigenvalue weighted by Gasteiger charge is 2.22.